The molecule has 0 saturated carbocycles. The van der Waals surface area contributed by atoms with Gasteiger partial charge in [-0.1, -0.05) is 0 Å². The van der Waals surface area contributed by atoms with E-state index in [9.17, 15) is 0 Å². The Labute approximate surface area is 165 Å². The molecule has 4 nitrogen and oxygen atoms in total. The zero-order valence-corrected chi connectivity index (χ0v) is 20.6. The Kier molecular flexibility index (Phi) is 9.78. The van der Waals surface area contributed by atoms with Gasteiger partial charge in [-0.05, 0) is 0 Å². The molecule has 1 aromatic heterocycles. The summed E-state index contributed by atoms with van der Waals surface area (Å²) in [5.41, 5.74) is 1.99. The first kappa shape index (κ1) is 22.0. The van der Waals surface area contributed by atoms with Crippen LogP contribution in [0, 0.1) is 0 Å². The van der Waals surface area contributed by atoms with Crippen molar-refractivity contribution in [2.45, 2.75) is 78.2 Å². The number of hydrogen-bond donors (Lipinski definition) is 0. The van der Waals surface area contributed by atoms with Crippen LogP contribution in [0.2, 0.25) is 13.3 Å². The van der Waals surface area contributed by atoms with Crippen LogP contribution in [0.1, 0.15) is 64.9 Å². The number of ether oxygens (including phenoxy) is 1. The minimum absolute atomic E-state index is 0.0382. The fraction of sp³-hybridized carbons (Fsp3) is 0.700. The molecule has 2 rings (SSSR count). The average molecular weight is 484 g/mol. The van der Waals surface area contributed by atoms with Crippen LogP contribution in [0.15, 0.2) is 24.3 Å². The van der Waals surface area contributed by atoms with Crippen LogP contribution in [0.4, 0.5) is 0 Å². The van der Waals surface area contributed by atoms with Gasteiger partial charge in [-0.15, -0.1) is 0 Å². The van der Waals surface area contributed by atoms with Gasteiger partial charge in [0.2, 0.25) is 0 Å². The van der Waals surface area contributed by atoms with E-state index in [0.29, 0.717) is 0 Å². The van der Waals surface area contributed by atoms with Crippen molar-refractivity contribution in [1.82, 2.24) is 15.0 Å². The summed E-state index contributed by atoms with van der Waals surface area (Å²) in [5, 5.41) is 8.79. The third-order valence-corrected chi connectivity index (χ3v) is 27.1. The molecule has 0 saturated heterocycles. The maximum atomic E-state index is 5.97. The van der Waals surface area contributed by atoms with E-state index >= 15 is 0 Å². The van der Waals surface area contributed by atoms with E-state index in [1.807, 2.05) is 23.9 Å². The number of benzene rings is 1. The molecule has 146 valence electrons. The van der Waals surface area contributed by atoms with Gasteiger partial charge in [0.15, 0.2) is 0 Å². The van der Waals surface area contributed by atoms with Crippen molar-refractivity contribution in [3.05, 3.63) is 24.3 Å². The van der Waals surface area contributed by atoms with E-state index in [1.54, 1.807) is 0 Å². The van der Waals surface area contributed by atoms with Crippen molar-refractivity contribution in [2.24, 2.45) is 0 Å². The fourth-order valence-electron chi connectivity index (χ4n) is 3.50. The number of hydrogen-bond acceptors (Lipinski definition) is 4. The van der Waals surface area contributed by atoms with Gasteiger partial charge in [-0.2, -0.15) is 0 Å². The number of rotatable bonds is 13. The Hall–Kier alpha value is -0.271. The Balaban J connectivity index is 2.29. The molecule has 26 heavy (non-hydrogen) atoms. The second-order valence-electron chi connectivity index (χ2n) is 7.18. The van der Waals surface area contributed by atoms with Gasteiger partial charge in [0.25, 0.3) is 0 Å². The molecule has 0 aliphatic carbocycles. The standard InChI is InChI=1S/C8H9N3OS.3C4H9.Sn/c1-12-8(13)11-7-5-3-2-4-6(7)9-10-11;3*1-3-4-2;/h2-5,8,13H,1H3;3*1,3-4H2,2H3;/q;;;;+1/p-1. The third kappa shape index (κ3) is 5.86. The van der Waals surface area contributed by atoms with E-state index in [0.717, 1.165) is 11.0 Å². The summed E-state index contributed by atoms with van der Waals surface area (Å²) in [6, 6.07) is 8.20. The minimum atomic E-state index is -2.38. The molecular formula is C20H35N3OSSn. The Morgan fingerprint density at radius 3 is 2.12 bits per heavy atom. The van der Waals surface area contributed by atoms with E-state index in [-0.39, 0.29) is 5.56 Å². The topological polar surface area (TPSA) is 39.9 Å². The fourth-order valence-corrected chi connectivity index (χ4v) is 26.6. The molecule has 0 bridgehead atoms. The number of methoxy groups -OCH3 is 1. The van der Waals surface area contributed by atoms with Gasteiger partial charge >= 0.3 is 166 Å². The Bertz CT molecular complexity index is 627. The van der Waals surface area contributed by atoms with Crippen LogP contribution < -0.4 is 0 Å². The van der Waals surface area contributed by atoms with Crippen LogP contribution in [0.5, 0.6) is 0 Å². The van der Waals surface area contributed by atoms with Gasteiger partial charge in [-0.25, -0.2) is 0 Å². The van der Waals surface area contributed by atoms with E-state index in [4.69, 9.17) is 4.74 Å². The summed E-state index contributed by atoms with van der Waals surface area (Å²) < 4.78 is 12.4. The van der Waals surface area contributed by atoms with E-state index in [1.165, 1.54) is 51.8 Å². The average Bonchev–Trinajstić information content (AvgIpc) is 3.11. The van der Waals surface area contributed by atoms with Crippen molar-refractivity contribution in [3.8, 4) is 0 Å². The van der Waals surface area contributed by atoms with Crippen LogP contribution in [-0.2, 0) is 4.74 Å². The van der Waals surface area contributed by atoms with Crippen molar-refractivity contribution in [2.75, 3.05) is 7.11 Å². The van der Waals surface area contributed by atoms with Crippen molar-refractivity contribution in [1.29, 1.82) is 0 Å². The molecule has 2 aromatic rings. The van der Waals surface area contributed by atoms with Crippen molar-refractivity contribution < 1.29 is 4.74 Å². The molecular weight excluding hydrogens is 449 g/mol. The zero-order chi connectivity index (χ0) is 18.8. The predicted octanol–water partition coefficient (Wildman–Crippen LogP) is 6.61. The summed E-state index contributed by atoms with van der Waals surface area (Å²) >= 11 is -2.38. The molecule has 0 spiro atoms. The molecule has 0 amide bonds. The van der Waals surface area contributed by atoms with Gasteiger partial charge < -0.3 is 0 Å². The molecule has 0 aliphatic rings. The van der Waals surface area contributed by atoms with Gasteiger partial charge in [0, 0.05) is 0 Å². The summed E-state index contributed by atoms with van der Waals surface area (Å²) in [4.78, 5) is 0. The van der Waals surface area contributed by atoms with E-state index < -0.39 is 17.0 Å². The molecule has 1 unspecified atom stereocenters. The normalized spacial score (nSPS) is 13.4. The van der Waals surface area contributed by atoms with Crippen LogP contribution >= 0.6 is 8.95 Å². The number of unbranched alkanes of at least 4 members (excludes halogenated alkanes) is 3. The monoisotopic (exact) mass is 485 g/mol. The molecule has 1 atom stereocenters. The summed E-state index contributed by atoms with van der Waals surface area (Å²) in [6.45, 7) is 6.96. The number of para-hydroxylation sites is 1. The molecule has 1 heterocycles. The van der Waals surface area contributed by atoms with E-state index in [2.05, 4.69) is 52.2 Å². The molecule has 6 heteroatoms. The first-order valence-corrected chi connectivity index (χ1v) is 20.6. The van der Waals surface area contributed by atoms with Crippen molar-refractivity contribution >= 4 is 37.0 Å². The van der Waals surface area contributed by atoms with Crippen LogP contribution in [-0.4, -0.2) is 39.1 Å². The molecule has 0 aliphatic heterocycles. The predicted molar refractivity (Wildman–Crippen MR) is 116 cm³/mol. The van der Waals surface area contributed by atoms with Gasteiger partial charge in [0.05, 0.1) is 0 Å². The van der Waals surface area contributed by atoms with Crippen LogP contribution in [0.25, 0.3) is 11.0 Å². The molecule has 0 N–H and O–H groups in total. The quantitative estimate of drug-likeness (QED) is 0.237. The van der Waals surface area contributed by atoms with Gasteiger partial charge in [0.1, 0.15) is 0 Å². The van der Waals surface area contributed by atoms with Gasteiger partial charge in [-0.3, -0.25) is 0 Å². The SMILES string of the molecule is CCC[CH2][Sn]([CH2]CCC)([CH2]CCC)[S]C(OC)n1nnc2ccccc21. The number of fused-ring (bicyclic) bond motifs is 1. The summed E-state index contributed by atoms with van der Waals surface area (Å²) in [5.74, 6) is 0. The molecule has 1 aromatic carbocycles. The first-order chi connectivity index (χ1) is 12.7. The Morgan fingerprint density at radius 1 is 1.00 bits per heavy atom. The summed E-state index contributed by atoms with van der Waals surface area (Å²) in [6.07, 6.45) is 7.98. The number of aromatic nitrogens is 3. The number of nitrogens with zero attached hydrogens (tertiary/aromatic N) is 3. The Morgan fingerprint density at radius 2 is 1.58 bits per heavy atom. The third-order valence-electron chi connectivity index (χ3n) is 5.09. The zero-order valence-electron chi connectivity index (χ0n) is 16.9. The van der Waals surface area contributed by atoms with Crippen LogP contribution in [0.3, 0.4) is 0 Å². The molecule has 0 fully saturated rings. The maximum absolute atomic E-state index is 5.97. The van der Waals surface area contributed by atoms with Crippen molar-refractivity contribution in [3.63, 3.8) is 0 Å². The first-order valence-electron chi connectivity index (χ1n) is 10.2. The second-order valence-corrected chi connectivity index (χ2v) is 26.7. The molecule has 0 radical (unpaired) electrons. The summed E-state index contributed by atoms with van der Waals surface area (Å²) in [7, 11) is 4.00. The second kappa shape index (κ2) is 11.5.